The molecule has 0 spiro atoms. The van der Waals surface area contributed by atoms with Gasteiger partial charge in [-0.25, -0.2) is 0 Å². The summed E-state index contributed by atoms with van der Waals surface area (Å²) in [5.74, 6) is 0. The number of aromatic nitrogens is 3. The van der Waals surface area contributed by atoms with Crippen molar-refractivity contribution < 1.29 is 0 Å². The SMILES string of the molecule is N#Cc1ccc(-n2c3ccccc3c3c(-n4c5ccccc5c5ccccc54)cccc32)c(-c2ccccc2-n2c3ccccc3c3c(C#N)cccc32)c1. The van der Waals surface area contributed by atoms with E-state index in [1.54, 1.807) is 0 Å². The summed E-state index contributed by atoms with van der Waals surface area (Å²) >= 11 is 0. The maximum Gasteiger partial charge on any atom is 0.0998 e. The minimum Gasteiger partial charge on any atom is -0.309 e. The molecule has 0 atom stereocenters. The summed E-state index contributed by atoms with van der Waals surface area (Å²) in [5.41, 5.74) is 12.6. The monoisotopic (exact) mass is 699 g/mol. The van der Waals surface area contributed by atoms with Crippen molar-refractivity contribution in [3.05, 3.63) is 187 Å². The average Bonchev–Trinajstić information content (AvgIpc) is 3.89. The third-order valence-electron chi connectivity index (χ3n) is 11.1. The van der Waals surface area contributed by atoms with Gasteiger partial charge in [0.25, 0.3) is 0 Å². The van der Waals surface area contributed by atoms with Crippen LogP contribution in [0.15, 0.2) is 176 Å². The summed E-state index contributed by atoms with van der Waals surface area (Å²) in [6, 6.07) is 65.9. The predicted molar refractivity (Wildman–Crippen MR) is 224 cm³/mol. The highest BCUT2D eigenvalue weighted by atomic mass is 15.0. The molecule has 5 heteroatoms. The van der Waals surface area contributed by atoms with Crippen molar-refractivity contribution in [1.82, 2.24) is 13.7 Å². The fraction of sp³-hybridized carbons (Fsp3) is 0. The predicted octanol–water partition coefficient (Wildman–Crippen LogP) is 12.4. The Morgan fingerprint density at radius 3 is 1.42 bits per heavy atom. The molecule has 11 aromatic rings. The first-order valence-corrected chi connectivity index (χ1v) is 18.3. The van der Waals surface area contributed by atoms with Gasteiger partial charge in [0.2, 0.25) is 0 Å². The number of benzene rings is 8. The number of nitrogens with zero attached hydrogens (tertiary/aromatic N) is 5. The maximum absolute atomic E-state index is 10.3. The molecule has 0 aliphatic rings. The van der Waals surface area contributed by atoms with Crippen LogP contribution in [0.25, 0.3) is 93.6 Å². The minimum atomic E-state index is 0.578. The topological polar surface area (TPSA) is 62.4 Å². The summed E-state index contributed by atoms with van der Waals surface area (Å²) in [5, 5.41) is 27.1. The van der Waals surface area contributed by atoms with E-state index in [1.807, 2.05) is 36.4 Å². The molecule has 254 valence electrons. The Hall–Kier alpha value is -7.86. The van der Waals surface area contributed by atoms with Crippen LogP contribution in [-0.4, -0.2) is 13.7 Å². The molecule has 0 saturated heterocycles. The first-order valence-electron chi connectivity index (χ1n) is 18.3. The Labute approximate surface area is 316 Å². The van der Waals surface area contributed by atoms with Crippen LogP contribution in [0.4, 0.5) is 0 Å². The molecule has 0 amide bonds. The van der Waals surface area contributed by atoms with Gasteiger partial charge in [-0.05, 0) is 72.8 Å². The van der Waals surface area contributed by atoms with Gasteiger partial charge in [-0.2, -0.15) is 10.5 Å². The standard InChI is InChI=1S/C50H29N5/c51-30-32-27-28-45(39(29-32)36-16-3-8-21-42(36)54-43-22-9-4-17-37(43)49-33(31-52)13-11-24-46(49)54)55-44-23-10-5-18-38(44)50-47(25-12-26-48(50)55)53-40-19-6-1-14-34(40)35-15-2-7-20-41(35)53/h1-29H. The Morgan fingerprint density at radius 1 is 0.327 bits per heavy atom. The quantitative estimate of drug-likeness (QED) is 0.184. The molecule has 0 aliphatic carbocycles. The van der Waals surface area contributed by atoms with E-state index in [9.17, 15) is 10.5 Å². The second-order valence-electron chi connectivity index (χ2n) is 13.9. The van der Waals surface area contributed by atoms with Gasteiger partial charge in [0.15, 0.2) is 0 Å². The highest BCUT2D eigenvalue weighted by molar-refractivity contribution is 6.17. The van der Waals surface area contributed by atoms with Gasteiger partial charge >= 0.3 is 0 Å². The molecule has 0 saturated carbocycles. The summed E-state index contributed by atoms with van der Waals surface area (Å²) in [7, 11) is 0. The Morgan fingerprint density at radius 2 is 0.782 bits per heavy atom. The summed E-state index contributed by atoms with van der Waals surface area (Å²) < 4.78 is 7.02. The fourth-order valence-electron chi connectivity index (χ4n) is 8.91. The fourth-order valence-corrected chi connectivity index (χ4v) is 8.91. The van der Waals surface area contributed by atoms with E-state index in [1.165, 1.54) is 10.8 Å². The van der Waals surface area contributed by atoms with Crippen molar-refractivity contribution in [3.63, 3.8) is 0 Å². The van der Waals surface area contributed by atoms with Crippen LogP contribution in [0.1, 0.15) is 11.1 Å². The van der Waals surface area contributed by atoms with Gasteiger partial charge in [0.05, 0.1) is 73.4 Å². The first kappa shape index (κ1) is 30.7. The first-order chi connectivity index (χ1) is 27.2. The second kappa shape index (κ2) is 11.8. The molecule has 55 heavy (non-hydrogen) atoms. The lowest BCUT2D eigenvalue weighted by Crippen LogP contribution is -2.02. The van der Waals surface area contributed by atoms with Crippen LogP contribution in [0.5, 0.6) is 0 Å². The van der Waals surface area contributed by atoms with Crippen LogP contribution >= 0.6 is 0 Å². The maximum atomic E-state index is 10.3. The number of fused-ring (bicyclic) bond motifs is 9. The zero-order valence-electron chi connectivity index (χ0n) is 29.5. The molecule has 0 bridgehead atoms. The van der Waals surface area contributed by atoms with Crippen molar-refractivity contribution in [3.8, 4) is 40.3 Å². The zero-order chi connectivity index (χ0) is 36.6. The van der Waals surface area contributed by atoms with E-state index in [0.717, 1.165) is 82.8 Å². The number of rotatable bonds is 4. The van der Waals surface area contributed by atoms with Crippen molar-refractivity contribution in [2.75, 3.05) is 0 Å². The lowest BCUT2D eigenvalue weighted by molar-refractivity contribution is 1.15. The highest BCUT2D eigenvalue weighted by Gasteiger charge is 2.23. The smallest absolute Gasteiger partial charge is 0.0998 e. The molecule has 11 rings (SSSR count). The molecular formula is C50H29N5. The van der Waals surface area contributed by atoms with Crippen LogP contribution in [-0.2, 0) is 0 Å². The van der Waals surface area contributed by atoms with Crippen LogP contribution in [0, 0.1) is 22.7 Å². The van der Waals surface area contributed by atoms with Gasteiger partial charge < -0.3 is 13.7 Å². The van der Waals surface area contributed by atoms with Crippen molar-refractivity contribution in [1.29, 1.82) is 10.5 Å². The highest BCUT2D eigenvalue weighted by Crippen LogP contribution is 2.43. The normalized spacial score (nSPS) is 11.6. The van der Waals surface area contributed by atoms with E-state index < -0.39 is 0 Å². The Kier molecular flexibility index (Phi) is 6.61. The van der Waals surface area contributed by atoms with Gasteiger partial charge in [-0.15, -0.1) is 0 Å². The third-order valence-corrected chi connectivity index (χ3v) is 11.1. The van der Waals surface area contributed by atoms with E-state index in [4.69, 9.17) is 0 Å². The summed E-state index contributed by atoms with van der Waals surface area (Å²) in [6.45, 7) is 0. The second-order valence-corrected chi connectivity index (χ2v) is 13.9. The molecule has 3 aromatic heterocycles. The molecule has 0 N–H and O–H groups in total. The van der Waals surface area contributed by atoms with E-state index in [2.05, 4.69) is 165 Å². The largest absolute Gasteiger partial charge is 0.309 e. The molecule has 8 aromatic carbocycles. The number of para-hydroxylation sites is 5. The lowest BCUT2D eigenvalue weighted by atomic mass is 9.98. The Balaban J connectivity index is 1.24. The molecule has 5 nitrogen and oxygen atoms in total. The third kappa shape index (κ3) is 4.33. The molecule has 0 aliphatic heterocycles. The molecule has 0 radical (unpaired) electrons. The van der Waals surface area contributed by atoms with Crippen LogP contribution < -0.4 is 0 Å². The average molecular weight is 700 g/mol. The minimum absolute atomic E-state index is 0.578. The Bertz CT molecular complexity index is 3420. The molecule has 0 fully saturated rings. The van der Waals surface area contributed by atoms with Gasteiger partial charge in [0.1, 0.15) is 0 Å². The zero-order valence-corrected chi connectivity index (χ0v) is 29.5. The lowest BCUT2D eigenvalue weighted by Gasteiger charge is -2.19. The van der Waals surface area contributed by atoms with E-state index in [-0.39, 0.29) is 0 Å². The van der Waals surface area contributed by atoms with Crippen molar-refractivity contribution in [2.45, 2.75) is 0 Å². The molecule has 0 unspecified atom stereocenters. The van der Waals surface area contributed by atoms with Gasteiger partial charge in [-0.3, -0.25) is 0 Å². The van der Waals surface area contributed by atoms with Crippen molar-refractivity contribution >= 4 is 65.4 Å². The number of hydrogen-bond donors (Lipinski definition) is 0. The van der Waals surface area contributed by atoms with Gasteiger partial charge in [0, 0.05) is 43.4 Å². The van der Waals surface area contributed by atoms with Crippen molar-refractivity contribution in [2.24, 2.45) is 0 Å². The van der Waals surface area contributed by atoms with E-state index >= 15 is 0 Å². The van der Waals surface area contributed by atoms with Crippen LogP contribution in [0.2, 0.25) is 0 Å². The molecular weight excluding hydrogens is 671 g/mol. The van der Waals surface area contributed by atoms with E-state index in [0.29, 0.717) is 11.1 Å². The number of nitriles is 2. The summed E-state index contributed by atoms with van der Waals surface area (Å²) in [6.07, 6.45) is 0. The summed E-state index contributed by atoms with van der Waals surface area (Å²) in [4.78, 5) is 0. The van der Waals surface area contributed by atoms with Gasteiger partial charge in [-0.1, -0.05) is 103 Å². The number of hydrogen-bond acceptors (Lipinski definition) is 2. The molecule has 3 heterocycles. The van der Waals surface area contributed by atoms with Crippen LogP contribution in [0.3, 0.4) is 0 Å².